The van der Waals surface area contributed by atoms with Crippen molar-refractivity contribution in [3.8, 4) is 11.3 Å². The second-order valence-corrected chi connectivity index (χ2v) is 6.34. The lowest BCUT2D eigenvalue weighted by Gasteiger charge is -2.15. The highest BCUT2D eigenvalue weighted by atomic mass is 19.1. The van der Waals surface area contributed by atoms with E-state index < -0.39 is 6.17 Å². The molecular weight excluding hydrogens is 324 g/mol. The van der Waals surface area contributed by atoms with Crippen LogP contribution in [-0.4, -0.2) is 39.5 Å². The van der Waals surface area contributed by atoms with Gasteiger partial charge in [0.2, 0.25) is 5.91 Å². The molecule has 1 amide bonds. The summed E-state index contributed by atoms with van der Waals surface area (Å²) >= 11 is 0. The van der Waals surface area contributed by atoms with E-state index in [9.17, 15) is 13.6 Å². The molecule has 0 unspecified atom stereocenters. The molecule has 1 aliphatic heterocycles. The third-order valence-corrected chi connectivity index (χ3v) is 4.48. The lowest BCUT2D eigenvalue weighted by Crippen LogP contribution is -2.30. The second kappa shape index (κ2) is 6.27. The summed E-state index contributed by atoms with van der Waals surface area (Å²) in [7, 11) is 0. The van der Waals surface area contributed by atoms with Gasteiger partial charge in [-0.15, -0.1) is 0 Å². The second-order valence-electron chi connectivity index (χ2n) is 6.34. The summed E-state index contributed by atoms with van der Waals surface area (Å²) in [6.45, 7) is 0.670. The van der Waals surface area contributed by atoms with Gasteiger partial charge in [-0.2, -0.15) is 0 Å². The number of fused-ring (bicyclic) bond motifs is 1. The number of aromatic nitrogens is 2. The lowest BCUT2D eigenvalue weighted by atomic mass is 10.2. The smallest absolute Gasteiger partial charge is 0.227 e. The third kappa shape index (κ3) is 3.24. The molecule has 0 bridgehead atoms. The van der Waals surface area contributed by atoms with Crippen molar-refractivity contribution in [3.05, 3.63) is 60.2 Å². The zero-order chi connectivity index (χ0) is 17.4. The average molecular weight is 341 g/mol. The number of imidazole rings is 1. The first kappa shape index (κ1) is 15.7. The van der Waals surface area contributed by atoms with Crippen molar-refractivity contribution in [2.45, 2.75) is 19.0 Å². The summed E-state index contributed by atoms with van der Waals surface area (Å²) in [4.78, 5) is 18.3. The van der Waals surface area contributed by atoms with Gasteiger partial charge in [0.05, 0.1) is 18.7 Å². The van der Waals surface area contributed by atoms with Crippen LogP contribution in [0.1, 0.15) is 12.0 Å². The Morgan fingerprint density at radius 2 is 2.16 bits per heavy atom. The van der Waals surface area contributed by atoms with Crippen molar-refractivity contribution >= 4 is 11.6 Å². The van der Waals surface area contributed by atoms with Crippen LogP contribution in [0, 0.1) is 5.82 Å². The Kier molecular flexibility index (Phi) is 3.95. The van der Waals surface area contributed by atoms with Crippen LogP contribution in [0.5, 0.6) is 0 Å². The highest BCUT2D eigenvalue weighted by Crippen LogP contribution is 2.21. The minimum atomic E-state index is -0.910. The third-order valence-electron chi connectivity index (χ3n) is 4.48. The van der Waals surface area contributed by atoms with Crippen molar-refractivity contribution in [3.63, 3.8) is 0 Å². The fourth-order valence-corrected chi connectivity index (χ4v) is 3.15. The predicted molar refractivity (Wildman–Crippen MR) is 90.4 cm³/mol. The first-order chi connectivity index (χ1) is 12.1. The molecule has 1 aliphatic rings. The van der Waals surface area contributed by atoms with Crippen LogP contribution in [0.2, 0.25) is 0 Å². The highest BCUT2D eigenvalue weighted by molar-refractivity contribution is 5.79. The number of amides is 1. The van der Waals surface area contributed by atoms with Gasteiger partial charge >= 0.3 is 0 Å². The van der Waals surface area contributed by atoms with Gasteiger partial charge in [-0.25, -0.2) is 13.8 Å². The summed E-state index contributed by atoms with van der Waals surface area (Å²) in [6, 6.07) is 9.97. The lowest BCUT2D eigenvalue weighted by molar-refractivity contribution is -0.129. The van der Waals surface area contributed by atoms with Crippen LogP contribution in [0.4, 0.5) is 8.78 Å². The van der Waals surface area contributed by atoms with Crippen LogP contribution in [0.3, 0.4) is 0 Å². The number of hydrogen-bond acceptors (Lipinski definition) is 2. The molecule has 0 N–H and O–H groups in total. The molecule has 4 nitrogen and oxygen atoms in total. The van der Waals surface area contributed by atoms with Gasteiger partial charge in [0.25, 0.3) is 0 Å². The maximum absolute atomic E-state index is 13.4. The summed E-state index contributed by atoms with van der Waals surface area (Å²) in [5.74, 6) is -0.376. The molecule has 6 heteroatoms. The van der Waals surface area contributed by atoms with E-state index in [1.807, 2.05) is 28.9 Å². The van der Waals surface area contributed by atoms with E-state index in [1.54, 1.807) is 17.0 Å². The Balaban J connectivity index is 1.57. The van der Waals surface area contributed by atoms with Gasteiger partial charge in [0.15, 0.2) is 0 Å². The van der Waals surface area contributed by atoms with Crippen LogP contribution < -0.4 is 0 Å². The van der Waals surface area contributed by atoms with Gasteiger partial charge in [0.1, 0.15) is 17.6 Å². The number of nitrogens with zero attached hydrogens (tertiary/aromatic N) is 3. The molecule has 0 saturated carbocycles. The number of carbonyl (C=O) groups excluding carboxylic acids is 1. The average Bonchev–Trinajstić information content (AvgIpc) is 3.20. The van der Waals surface area contributed by atoms with E-state index in [0.717, 1.165) is 5.56 Å². The first-order valence-electron chi connectivity index (χ1n) is 8.24. The molecular formula is C19H17F2N3O. The van der Waals surface area contributed by atoms with Crippen molar-refractivity contribution in [2.24, 2.45) is 0 Å². The number of carbonyl (C=O) groups is 1. The standard InChI is InChI=1S/C19H17F2N3O/c20-15-3-1-2-14(10-15)17-12-23-6-4-13(8-18(23)22-17)9-19(25)24-7-5-16(21)11-24/h1-4,6,8,10,12,16H,5,7,9,11H2/t16-/m0/s1. The molecule has 4 rings (SSSR count). The molecule has 128 valence electrons. The van der Waals surface area contributed by atoms with Crippen LogP contribution >= 0.6 is 0 Å². The van der Waals surface area contributed by atoms with Gasteiger partial charge in [-0.05, 0) is 36.2 Å². The normalized spacial score (nSPS) is 17.4. The summed E-state index contributed by atoms with van der Waals surface area (Å²) in [5, 5.41) is 0. The quantitative estimate of drug-likeness (QED) is 0.733. The molecule has 0 spiro atoms. The first-order valence-corrected chi connectivity index (χ1v) is 8.24. The van der Waals surface area contributed by atoms with Gasteiger partial charge < -0.3 is 9.30 Å². The number of halogens is 2. The largest absolute Gasteiger partial charge is 0.339 e. The van der Waals surface area contributed by atoms with Crippen LogP contribution in [0.25, 0.3) is 16.9 Å². The molecule has 2 aromatic heterocycles. The molecule has 3 heterocycles. The van der Waals surface area contributed by atoms with Gasteiger partial charge in [-0.3, -0.25) is 4.79 Å². The van der Waals surface area contributed by atoms with Crippen LogP contribution in [-0.2, 0) is 11.2 Å². The zero-order valence-corrected chi connectivity index (χ0v) is 13.5. The number of rotatable bonds is 3. The number of hydrogen-bond donors (Lipinski definition) is 0. The fourth-order valence-electron chi connectivity index (χ4n) is 3.15. The van der Waals surface area contributed by atoms with E-state index in [-0.39, 0.29) is 24.7 Å². The minimum absolute atomic E-state index is 0.0681. The monoisotopic (exact) mass is 341 g/mol. The molecule has 3 aromatic rings. The Bertz CT molecular complexity index is 937. The maximum Gasteiger partial charge on any atom is 0.227 e. The molecule has 1 aromatic carbocycles. The SMILES string of the molecule is O=C(Cc1ccn2cc(-c3cccc(F)c3)nc2c1)N1CC[C@H](F)C1. The molecule has 1 atom stereocenters. The zero-order valence-electron chi connectivity index (χ0n) is 13.5. The van der Waals surface area contributed by atoms with Gasteiger partial charge in [-0.1, -0.05) is 12.1 Å². The van der Waals surface area contributed by atoms with Crippen molar-refractivity contribution in [1.29, 1.82) is 0 Å². The summed E-state index contributed by atoms with van der Waals surface area (Å²) in [5.41, 5.74) is 2.89. The molecule has 1 saturated heterocycles. The van der Waals surface area contributed by atoms with Crippen molar-refractivity contribution in [1.82, 2.24) is 14.3 Å². The fraction of sp³-hybridized carbons (Fsp3) is 0.263. The Labute approximate surface area is 143 Å². The molecule has 0 radical (unpaired) electrons. The Hall–Kier alpha value is -2.76. The van der Waals surface area contributed by atoms with E-state index in [2.05, 4.69) is 4.98 Å². The molecule has 25 heavy (non-hydrogen) atoms. The predicted octanol–water partition coefficient (Wildman–Crippen LogP) is 3.25. The number of benzene rings is 1. The Morgan fingerprint density at radius 1 is 1.28 bits per heavy atom. The van der Waals surface area contributed by atoms with E-state index in [4.69, 9.17) is 0 Å². The minimum Gasteiger partial charge on any atom is -0.339 e. The van der Waals surface area contributed by atoms with Gasteiger partial charge in [0, 0.05) is 24.5 Å². The van der Waals surface area contributed by atoms with E-state index in [1.165, 1.54) is 12.1 Å². The number of alkyl halides is 1. The molecule has 1 fully saturated rings. The van der Waals surface area contributed by atoms with Crippen LogP contribution in [0.15, 0.2) is 48.8 Å². The summed E-state index contributed by atoms with van der Waals surface area (Å²) in [6.07, 6.45) is 3.39. The van der Waals surface area contributed by atoms with Crippen molar-refractivity contribution < 1.29 is 13.6 Å². The van der Waals surface area contributed by atoms with E-state index in [0.29, 0.717) is 29.9 Å². The van der Waals surface area contributed by atoms with E-state index >= 15 is 0 Å². The van der Waals surface area contributed by atoms with Crippen molar-refractivity contribution in [2.75, 3.05) is 13.1 Å². The summed E-state index contributed by atoms with van der Waals surface area (Å²) < 4.78 is 28.5. The maximum atomic E-state index is 13.4. The molecule has 0 aliphatic carbocycles. The topological polar surface area (TPSA) is 37.6 Å². The number of pyridine rings is 1. The highest BCUT2D eigenvalue weighted by Gasteiger charge is 2.25. The number of likely N-dealkylation sites (tertiary alicyclic amines) is 1. The Morgan fingerprint density at radius 3 is 2.92 bits per heavy atom.